The SMILES string of the molecule is COc1cccc(O)c1CN1CCC2NNC(c3ccccc3F)C2C1. The molecule has 3 unspecified atom stereocenters. The van der Waals surface area contributed by atoms with Gasteiger partial charge in [-0.2, -0.15) is 0 Å². The Bertz CT molecular complexity index is 785. The molecule has 0 aliphatic carbocycles. The maximum Gasteiger partial charge on any atom is 0.128 e. The summed E-state index contributed by atoms with van der Waals surface area (Å²) < 4.78 is 19.7. The molecule has 2 heterocycles. The van der Waals surface area contributed by atoms with Crippen LogP contribution in [0.4, 0.5) is 4.39 Å². The van der Waals surface area contributed by atoms with Gasteiger partial charge in [-0.25, -0.2) is 9.82 Å². The molecule has 0 spiro atoms. The van der Waals surface area contributed by atoms with Gasteiger partial charge < -0.3 is 9.84 Å². The van der Waals surface area contributed by atoms with Crippen molar-refractivity contribution in [3.8, 4) is 11.5 Å². The van der Waals surface area contributed by atoms with E-state index in [1.165, 1.54) is 6.07 Å². The van der Waals surface area contributed by atoms with Gasteiger partial charge in [0.15, 0.2) is 0 Å². The van der Waals surface area contributed by atoms with Crippen LogP contribution in [0.15, 0.2) is 42.5 Å². The highest BCUT2D eigenvalue weighted by atomic mass is 19.1. The van der Waals surface area contributed by atoms with Crippen LogP contribution in [-0.4, -0.2) is 36.2 Å². The number of rotatable bonds is 4. The number of methoxy groups -OCH3 is 1. The number of phenols is 1. The summed E-state index contributed by atoms with van der Waals surface area (Å²) in [5.41, 5.74) is 8.12. The van der Waals surface area contributed by atoms with E-state index < -0.39 is 0 Å². The highest BCUT2D eigenvalue weighted by Crippen LogP contribution is 2.36. The Morgan fingerprint density at radius 2 is 2.04 bits per heavy atom. The fourth-order valence-electron chi connectivity index (χ4n) is 4.18. The molecule has 2 saturated heterocycles. The fourth-order valence-corrected chi connectivity index (χ4v) is 4.18. The summed E-state index contributed by atoms with van der Waals surface area (Å²) in [5.74, 6) is 1.03. The van der Waals surface area contributed by atoms with E-state index in [9.17, 15) is 9.50 Å². The van der Waals surface area contributed by atoms with Crippen molar-refractivity contribution in [2.45, 2.75) is 25.0 Å². The fraction of sp³-hybridized carbons (Fsp3) is 0.400. The highest BCUT2D eigenvalue weighted by molar-refractivity contribution is 5.43. The van der Waals surface area contributed by atoms with Gasteiger partial charge in [0.05, 0.1) is 13.2 Å². The Morgan fingerprint density at radius 3 is 2.85 bits per heavy atom. The van der Waals surface area contributed by atoms with Gasteiger partial charge in [-0.15, -0.1) is 0 Å². The van der Waals surface area contributed by atoms with E-state index in [1.807, 2.05) is 18.2 Å². The first-order chi connectivity index (χ1) is 12.7. The van der Waals surface area contributed by atoms with Crippen molar-refractivity contribution in [2.24, 2.45) is 5.92 Å². The van der Waals surface area contributed by atoms with E-state index >= 15 is 0 Å². The molecule has 2 aromatic rings. The molecule has 138 valence electrons. The maximum atomic E-state index is 14.3. The van der Waals surface area contributed by atoms with Crippen molar-refractivity contribution in [1.82, 2.24) is 15.8 Å². The number of phenolic OH excluding ortho intramolecular Hbond substituents is 1. The number of piperidine rings is 1. The molecule has 0 amide bonds. The molecule has 6 heteroatoms. The zero-order chi connectivity index (χ0) is 18.1. The molecule has 0 radical (unpaired) electrons. The summed E-state index contributed by atoms with van der Waals surface area (Å²) in [6, 6.07) is 12.5. The van der Waals surface area contributed by atoms with E-state index in [-0.39, 0.29) is 23.5 Å². The van der Waals surface area contributed by atoms with Gasteiger partial charge in [0, 0.05) is 42.7 Å². The van der Waals surface area contributed by atoms with Gasteiger partial charge in [-0.1, -0.05) is 24.3 Å². The molecule has 0 aromatic heterocycles. The molecule has 5 nitrogen and oxygen atoms in total. The topological polar surface area (TPSA) is 56.8 Å². The molecular weight excluding hydrogens is 333 g/mol. The monoisotopic (exact) mass is 357 g/mol. The summed E-state index contributed by atoms with van der Waals surface area (Å²) in [6.07, 6.45) is 0.971. The first-order valence-corrected chi connectivity index (χ1v) is 9.00. The zero-order valence-electron chi connectivity index (χ0n) is 14.8. The predicted octanol–water partition coefficient (Wildman–Crippen LogP) is 2.58. The maximum absolute atomic E-state index is 14.3. The Morgan fingerprint density at radius 1 is 1.19 bits per heavy atom. The van der Waals surface area contributed by atoms with Crippen LogP contribution < -0.4 is 15.6 Å². The minimum Gasteiger partial charge on any atom is -0.507 e. The lowest BCUT2D eigenvalue weighted by molar-refractivity contribution is 0.145. The van der Waals surface area contributed by atoms with E-state index in [4.69, 9.17) is 4.74 Å². The molecule has 3 atom stereocenters. The third kappa shape index (κ3) is 3.16. The Hall–Kier alpha value is -2.15. The summed E-state index contributed by atoms with van der Waals surface area (Å²) in [4.78, 5) is 2.31. The number of hydrogen-bond donors (Lipinski definition) is 3. The number of nitrogens with one attached hydrogen (secondary N) is 2. The first-order valence-electron chi connectivity index (χ1n) is 9.00. The van der Waals surface area contributed by atoms with E-state index in [2.05, 4.69) is 15.8 Å². The Labute approximate surface area is 152 Å². The molecule has 0 bridgehead atoms. The van der Waals surface area contributed by atoms with Crippen molar-refractivity contribution >= 4 is 0 Å². The summed E-state index contributed by atoms with van der Waals surface area (Å²) >= 11 is 0. The van der Waals surface area contributed by atoms with Crippen molar-refractivity contribution in [3.63, 3.8) is 0 Å². The average molecular weight is 357 g/mol. The molecule has 3 N–H and O–H groups in total. The van der Waals surface area contributed by atoms with Crippen LogP contribution in [0.5, 0.6) is 11.5 Å². The third-order valence-electron chi connectivity index (χ3n) is 5.54. The molecule has 0 saturated carbocycles. The second-order valence-corrected chi connectivity index (χ2v) is 7.04. The number of likely N-dealkylation sites (tertiary alicyclic amines) is 1. The van der Waals surface area contributed by atoms with E-state index in [0.29, 0.717) is 23.9 Å². The standard InChI is InChI=1S/C20H24FN3O2/c1-26-19-8-4-7-18(25)15(19)12-24-10-9-17-14(11-24)20(23-22-17)13-5-2-3-6-16(13)21/h2-8,14,17,20,22-23,25H,9-12H2,1H3. The van der Waals surface area contributed by atoms with Crippen LogP contribution in [0.25, 0.3) is 0 Å². The van der Waals surface area contributed by atoms with Crippen molar-refractivity contribution in [1.29, 1.82) is 0 Å². The molecule has 4 rings (SSSR count). The second kappa shape index (κ2) is 7.23. The number of hydrogen-bond acceptors (Lipinski definition) is 5. The van der Waals surface area contributed by atoms with Crippen LogP contribution in [0.2, 0.25) is 0 Å². The Kier molecular flexibility index (Phi) is 4.80. The zero-order valence-corrected chi connectivity index (χ0v) is 14.8. The minimum absolute atomic E-state index is 0.0599. The van der Waals surface area contributed by atoms with Crippen LogP contribution >= 0.6 is 0 Å². The van der Waals surface area contributed by atoms with Crippen molar-refractivity contribution in [2.75, 3.05) is 20.2 Å². The number of benzene rings is 2. The molecule has 2 aromatic carbocycles. The van der Waals surface area contributed by atoms with Crippen molar-refractivity contribution < 1.29 is 14.2 Å². The van der Waals surface area contributed by atoms with E-state index in [0.717, 1.165) is 25.1 Å². The molecule has 2 fully saturated rings. The molecule has 2 aliphatic rings. The van der Waals surface area contributed by atoms with Crippen LogP contribution in [0.3, 0.4) is 0 Å². The normalized spacial score (nSPS) is 25.8. The highest BCUT2D eigenvalue weighted by Gasteiger charge is 2.41. The summed E-state index contributed by atoms with van der Waals surface area (Å²) in [7, 11) is 1.61. The smallest absolute Gasteiger partial charge is 0.128 e. The van der Waals surface area contributed by atoms with Gasteiger partial charge >= 0.3 is 0 Å². The molecular formula is C20H24FN3O2. The molecule has 26 heavy (non-hydrogen) atoms. The minimum atomic E-state index is -0.174. The van der Waals surface area contributed by atoms with Gasteiger partial charge in [-0.3, -0.25) is 10.3 Å². The summed E-state index contributed by atoms with van der Waals surface area (Å²) in [5, 5.41) is 10.2. The second-order valence-electron chi connectivity index (χ2n) is 7.04. The van der Waals surface area contributed by atoms with E-state index in [1.54, 1.807) is 25.3 Å². The van der Waals surface area contributed by atoms with Gasteiger partial charge in [0.25, 0.3) is 0 Å². The lowest BCUT2D eigenvalue weighted by Crippen LogP contribution is -2.45. The van der Waals surface area contributed by atoms with Gasteiger partial charge in [-0.05, 0) is 24.6 Å². The number of fused-ring (bicyclic) bond motifs is 1. The summed E-state index contributed by atoms with van der Waals surface area (Å²) in [6.45, 7) is 2.35. The number of nitrogens with zero attached hydrogens (tertiary/aromatic N) is 1. The predicted molar refractivity (Wildman–Crippen MR) is 97.2 cm³/mol. The number of hydrazine groups is 1. The Balaban J connectivity index is 1.53. The van der Waals surface area contributed by atoms with Crippen molar-refractivity contribution in [3.05, 3.63) is 59.4 Å². The lowest BCUT2D eigenvalue weighted by atomic mass is 9.84. The third-order valence-corrected chi connectivity index (χ3v) is 5.54. The quantitative estimate of drug-likeness (QED) is 0.785. The first kappa shape index (κ1) is 17.3. The number of aromatic hydroxyl groups is 1. The molecule has 2 aliphatic heterocycles. The average Bonchev–Trinajstić information content (AvgIpc) is 3.07. The largest absolute Gasteiger partial charge is 0.507 e. The van der Waals surface area contributed by atoms with Gasteiger partial charge in [0.1, 0.15) is 17.3 Å². The van der Waals surface area contributed by atoms with Crippen LogP contribution in [-0.2, 0) is 6.54 Å². The number of halogens is 1. The lowest BCUT2D eigenvalue weighted by Gasteiger charge is -2.36. The van der Waals surface area contributed by atoms with Crippen LogP contribution in [0.1, 0.15) is 23.6 Å². The van der Waals surface area contributed by atoms with Crippen LogP contribution in [0, 0.1) is 11.7 Å². The number of ether oxygens (including phenoxy) is 1. The van der Waals surface area contributed by atoms with Gasteiger partial charge in [0.2, 0.25) is 0 Å².